The van der Waals surface area contributed by atoms with Crippen LogP contribution in [-0.2, 0) is 6.54 Å². The number of nitrogens with one attached hydrogen (secondary N) is 1. The molecule has 0 aliphatic heterocycles. The predicted octanol–water partition coefficient (Wildman–Crippen LogP) is 3.81. The second-order valence-corrected chi connectivity index (χ2v) is 4.77. The summed E-state index contributed by atoms with van der Waals surface area (Å²) in [4.78, 5) is 4.32. The normalized spacial score (nSPS) is 10.4. The van der Waals surface area contributed by atoms with Gasteiger partial charge < -0.3 is 14.6 Å². The van der Waals surface area contributed by atoms with E-state index in [-0.39, 0.29) is 0 Å². The first-order chi connectivity index (χ1) is 8.74. The van der Waals surface area contributed by atoms with E-state index >= 15 is 0 Å². The SMILES string of the molecule is CCCn1ccnc1Nc1cc(OC)ccc1Br. The van der Waals surface area contributed by atoms with E-state index in [4.69, 9.17) is 4.74 Å². The second-order valence-electron chi connectivity index (χ2n) is 3.92. The minimum atomic E-state index is 0.814. The molecule has 96 valence electrons. The number of methoxy groups -OCH3 is 1. The Morgan fingerprint density at radius 1 is 1.44 bits per heavy atom. The summed E-state index contributed by atoms with van der Waals surface area (Å²) in [6.45, 7) is 3.09. The fourth-order valence-electron chi connectivity index (χ4n) is 1.70. The maximum atomic E-state index is 5.22. The Hall–Kier alpha value is -1.49. The van der Waals surface area contributed by atoms with Crippen LogP contribution in [0.2, 0.25) is 0 Å². The molecule has 0 bridgehead atoms. The number of aryl methyl sites for hydroxylation is 1. The van der Waals surface area contributed by atoms with Gasteiger partial charge in [0.15, 0.2) is 0 Å². The van der Waals surface area contributed by atoms with Crippen LogP contribution < -0.4 is 10.1 Å². The van der Waals surface area contributed by atoms with Crippen molar-refractivity contribution in [3.05, 3.63) is 35.1 Å². The zero-order chi connectivity index (χ0) is 13.0. The molecule has 0 amide bonds. The molecule has 0 atom stereocenters. The van der Waals surface area contributed by atoms with Crippen molar-refractivity contribution in [2.75, 3.05) is 12.4 Å². The fourth-order valence-corrected chi connectivity index (χ4v) is 2.05. The van der Waals surface area contributed by atoms with Crippen molar-refractivity contribution >= 4 is 27.6 Å². The number of rotatable bonds is 5. The van der Waals surface area contributed by atoms with Crippen LogP contribution in [0.4, 0.5) is 11.6 Å². The minimum Gasteiger partial charge on any atom is -0.497 e. The summed E-state index contributed by atoms with van der Waals surface area (Å²) in [7, 11) is 1.66. The van der Waals surface area contributed by atoms with Crippen LogP contribution in [0.5, 0.6) is 5.75 Å². The lowest BCUT2D eigenvalue weighted by Gasteiger charge is -2.11. The number of ether oxygens (including phenoxy) is 1. The highest BCUT2D eigenvalue weighted by molar-refractivity contribution is 9.10. The molecule has 0 aliphatic rings. The average molecular weight is 310 g/mol. The quantitative estimate of drug-likeness (QED) is 0.913. The number of imidazole rings is 1. The van der Waals surface area contributed by atoms with E-state index in [9.17, 15) is 0 Å². The van der Waals surface area contributed by atoms with E-state index in [1.807, 2.05) is 24.4 Å². The highest BCUT2D eigenvalue weighted by atomic mass is 79.9. The summed E-state index contributed by atoms with van der Waals surface area (Å²) in [5, 5.41) is 3.31. The van der Waals surface area contributed by atoms with Crippen LogP contribution in [0.25, 0.3) is 0 Å². The van der Waals surface area contributed by atoms with Crippen LogP contribution in [-0.4, -0.2) is 16.7 Å². The molecule has 4 nitrogen and oxygen atoms in total. The van der Waals surface area contributed by atoms with Crippen molar-refractivity contribution in [1.29, 1.82) is 0 Å². The van der Waals surface area contributed by atoms with Gasteiger partial charge in [0.2, 0.25) is 5.95 Å². The summed E-state index contributed by atoms with van der Waals surface area (Å²) in [6, 6.07) is 5.80. The molecule has 1 aromatic carbocycles. The molecule has 0 radical (unpaired) electrons. The van der Waals surface area contributed by atoms with Gasteiger partial charge in [0.1, 0.15) is 5.75 Å². The Morgan fingerprint density at radius 2 is 2.28 bits per heavy atom. The Bertz CT molecular complexity index is 525. The smallest absolute Gasteiger partial charge is 0.207 e. The Morgan fingerprint density at radius 3 is 3.00 bits per heavy atom. The van der Waals surface area contributed by atoms with Gasteiger partial charge in [-0.1, -0.05) is 6.92 Å². The third-order valence-electron chi connectivity index (χ3n) is 2.60. The Labute approximate surface area is 115 Å². The highest BCUT2D eigenvalue weighted by Gasteiger charge is 2.06. The summed E-state index contributed by atoms with van der Waals surface area (Å²) in [5.74, 6) is 1.65. The van der Waals surface area contributed by atoms with E-state index in [0.717, 1.165) is 34.8 Å². The van der Waals surface area contributed by atoms with E-state index in [1.54, 1.807) is 13.3 Å². The number of nitrogens with zero attached hydrogens (tertiary/aromatic N) is 2. The van der Waals surface area contributed by atoms with Gasteiger partial charge in [-0.3, -0.25) is 0 Å². The molecular formula is C13H16BrN3O. The molecule has 1 heterocycles. The largest absolute Gasteiger partial charge is 0.497 e. The van der Waals surface area contributed by atoms with Crippen LogP contribution in [0, 0.1) is 0 Å². The van der Waals surface area contributed by atoms with Gasteiger partial charge in [-0.15, -0.1) is 0 Å². The molecule has 0 saturated carbocycles. The summed E-state index contributed by atoms with van der Waals surface area (Å²) < 4.78 is 8.29. The standard InChI is InChI=1S/C13H16BrN3O/c1-3-7-17-8-6-15-13(17)16-12-9-10(18-2)4-5-11(12)14/h4-6,8-9H,3,7H2,1-2H3,(H,15,16). The molecule has 2 rings (SSSR count). The zero-order valence-electron chi connectivity index (χ0n) is 10.5. The summed E-state index contributed by atoms with van der Waals surface area (Å²) in [6.07, 6.45) is 4.84. The number of benzene rings is 1. The molecule has 2 aromatic rings. The van der Waals surface area contributed by atoms with Crippen molar-refractivity contribution in [3.63, 3.8) is 0 Å². The van der Waals surface area contributed by atoms with E-state index in [0.29, 0.717) is 0 Å². The molecule has 0 saturated heterocycles. The van der Waals surface area contributed by atoms with Gasteiger partial charge in [0.25, 0.3) is 0 Å². The Balaban J connectivity index is 2.24. The van der Waals surface area contributed by atoms with E-state index in [2.05, 4.69) is 37.7 Å². The summed E-state index contributed by atoms with van der Waals surface area (Å²) >= 11 is 3.51. The zero-order valence-corrected chi connectivity index (χ0v) is 12.1. The van der Waals surface area contributed by atoms with Crippen molar-refractivity contribution in [3.8, 4) is 5.75 Å². The molecule has 18 heavy (non-hydrogen) atoms. The van der Waals surface area contributed by atoms with Crippen molar-refractivity contribution in [2.24, 2.45) is 0 Å². The van der Waals surface area contributed by atoms with Gasteiger partial charge >= 0.3 is 0 Å². The topological polar surface area (TPSA) is 39.1 Å². The fraction of sp³-hybridized carbons (Fsp3) is 0.308. The molecule has 0 aliphatic carbocycles. The number of aromatic nitrogens is 2. The number of halogens is 1. The van der Waals surface area contributed by atoms with E-state index < -0.39 is 0 Å². The predicted molar refractivity (Wildman–Crippen MR) is 76.5 cm³/mol. The first-order valence-electron chi connectivity index (χ1n) is 5.86. The lowest BCUT2D eigenvalue weighted by molar-refractivity contribution is 0.415. The molecule has 0 spiro atoms. The first kappa shape index (κ1) is 13.0. The van der Waals surface area contributed by atoms with Crippen molar-refractivity contribution in [2.45, 2.75) is 19.9 Å². The maximum absolute atomic E-state index is 5.22. The number of hydrogen-bond donors (Lipinski definition) is 1. The van der Waals surface area contributed by atoms with Crippen molar-refractivity contribution in [1.82, 2.24) is 9.55 Å². The molecule has 0 unspecified atom stereocenters. The van der Waals surface area contributed by atoms with Gasteiger partial charge in [-0.05, 0) is 34.5 Å². The highest BCUT2D eigenvalue weighted by Crippen LogP contribution is 2.29. The molecule has 0 fully saturated rings. The van der Waals surface area contributed by atoms with Crippen LogP contribution >= 0.6 is 15.9 Å². The van der Waals surface area contributed by atoms with Crippen LogP contribution in [0.1, 0.15) is 13.3 Å². The maximum Gasteiger partial charge on any atom is 0.207 e. The molecular weight excluding hydrogens is 294 g/mol. The third-order valence-corrected chi connectivity index (χ3v) is 3.29. The average Bonchev–Trinajstić information content (AvgIpc) is 2.80. The monoisotopic (exact) mass is 309 g/mol. The third kappa shape index (κ3) is 2.85. The van der Waals surface area contributed by atoms with Gasteiger partial charge in [0.05, 0.1) is 12.8 Å². The first-order valence-corrected chi connectivity index (χ1v) is 6.65. The lowest BCUT2D eigenvalue weighted by Crippen LogP contribution is -2.03. The molecule has 5 heteroatoms. The van der Waals surface area contributed by atoms with Gasteiger partial charge in [-0.25, -0.2) is 4.98 Å². The lowest BCUT2D eigenvalue weighted by atomic mass is 10.3. The molecule has 1 N–H and O–H groups in total. The van der Waals surface area contributed by atoms with Gasteiger partial charge in [0, 0.05) is 29.5 Å². The molecule has 1 aromatic heterocycles. The van der Waals surface area contributed by atoms with Crippen molar-refractivity contribution < 1.29 is 4.74 Å². The van der Waals surface area contributed by atoms with Gasteiger partial charge in [-0.2, -0.15) is 0 Å². The van der Waals surface area contributed by atoms with E-state index in [1.165, 1.54) is 0 Å². The van der Waals surface area contributed by atoms with Crippen LogP contribution in [0.3, 0.4) is 0 Å². The number of hydrogen-bond acceptors (Lipinski definition) is 3. The summed E-state index contributed by atoms with van der Waals surface area (Å²) in [5.41, 5.74) is 0.943. The second kappa shape index (κ2) is 5.91. The number of anilines is 2. The van der Waals surface area contributed by atoms with Crippen LogP contribution in [0.15, 0.2) is 35.1 Å². The minimum absolute atomic E-state index is 0.814. The Kier molecular flexibility index (Phi) is 4.25.